The SMILES string of the molecule is CCCCC(CC)COc1ncnc2nc[nH]c12.CCc1ccc(COc2ncnc3nc[nH]c23)cc1.CN(C)c1ncnc2nc[nH]c12.Cc1cccc(COc2ncnc3nc[nH]c23)c1.Cc1ccccc1COc1ncnc2nc[nH]c12.O=C(Nc1ncnc2nc[nH]c12)c1ccccc1.c1ccc(CNc2ncnc3nc[nH]c23)cc1.c1ccc(COc2ncnc3nc[nH]c23)cc1. The van der Waals surface area contributed by atoms with Gasteiger partial charge in [-0.3, -0.25) is 4.79 Å². The van der Waals surface area contributed by atoms with Crippen molar-refractivity contribution < 1.29 is 28.5 Å². The van der Waals surface area contributed by atoms with Gasteiger partial charge in [0.1, 0.15) is 121 Å². The van der Waals surface area contributed by atoms with E-state index in [9.17, 15) is 4.79 Å². The van der Waals surface area contributed by atoms with Gasteiger partial charge in [-0.05, 0) is 83.7 Å². The summed E-state index contributed by atoms with van der Waals surface area (Å²) in [5.74, 6) is 5.15. The Labute approximate surface area is 783 Å². The fraction of sp³-hybridized carbons (Fsp3) is 0.198. The smallest absolute Gasteiger partial charge is 0.256 e. The van der Waals surface area contributed by atoms with E-state index in [2.05, 4.69) is 259 Å². The maximum Gasteiger partial charge on any atom is 0.256 e. The van der Waals surface area contributed by atoms with Crippen molar-refractivity contribution in [2.24, 2.45) is 5.92 Å². The number of amides is 1. The van der Waals surface area contributed by atoms with Crippen LogP contribution in [0.1, 0.15) is 101 Å². The molecule has 137 heavy (non-hydrogen) atoms. The average molecular weight is 1840 g/mol. The van der Waals surface area contributed by atoms with Crippen molar-refractivity contribution in [1.29, 1.82) is 0 Å². The monoisotopic (exact) mass is 1840 g/mol. The zero-order chi connectivity index (χ0) is 94.5. The van der Waals surface area contributed by atoms with E-state index in [1.807, 2.05) is 104 Å². The van der Waals surface area contributed by atoms with Crippen LogP contribution in [0.15, 0.2) is 265 Å². The molecule has 10 N–H and O–H groups in total. The van der Waals surface area contributed by atoms with Gasteiger partial charge in [-0.25, -0.2) is 94.7 Å². The lowest BCUT2D eigenvalue weighted by Gasteiger charge is -2.14. The molecular weight excluding hydrogens is 1740 g/mol. The third-order valence-electron chi connectivity index (χ3n) is 20.7. The number of aryl methyl sites for hydroxylation is 3. The number of carbonyl (C=O) groups excluding carboxylic acids is 1. The molecule has 0 bridgehead atoms. The second-order valence-corrected chi connectivity index (χ2v) is 30.4. The standard InChI is InChI=1S/C14H14N4O.2C13H12N4O.C13H20N4O.C12H9N5O.C12H11N5.C12H10N4O.C7H9N5/c1-2-10-3-5-11(6-4-10)7-19-14-12-13(16-8-15-12)17-9-18-14;1-9-3-2-4-10(5-9)6-18-13-11-12(15-7-14-11)16-8-17-13;1-9-4-2-3-5-10(9)6-18-13-11-12(15-7-14-11)16-8-17-13;1-3-5-6-10(4-2)7-18-13-11-12(15-8-14-11)16-9-17-13;18-12(8-4-2-1-3-5-8)17-11-9-10(14-6-13-9)15-7-16-11;1-2-4-9(5-3-1)6-13-11-10-12(15-7-14-10)17-8-16-11;1-2-4-9(5-3-1)6-17-12-10-11(14-7-13-10)15-8-16-12;1-12(2)7-5-6(9-3-8-5)10-4-11-7/h3-6,8-9H,2,7H2,1H3,(H,15,16,17,18);2*2-5,7-8H,6H2,1H3,(H,14,15,16,17);8-10H,3-7H2,1-2H3,(H,14,15,16,17);1-7H,(H2,13,14,15,16,17,18);1-5,7-8H,6H2,(H2,13,14,15,16,17);1-5,7-8H,6H2,(H,13,14,15,16);3-4H,1-2H3,(H,8,9,10,11). The number of aromatic nitrogens is 32. The Bertz CT molecular complexity index is 7350. The zero-order valence-corrected chi connectivity index (χ0v) is 75.8. The summed E-state index contributed by atoms with van der Waals surface area (Å²) in [5.41, 5.74) is 21.0. The van der Waals surface area contributed by atoms with Gasteiger partial charge < -0.3 is 79.1 Å². The first-order valence-corrected chi connectivity index (χ1v) is 43.7. The normalized spacial score (nSPS) is 10.9. The first kappa shape index (κ1) is 93.5. The van der Waals surface area contributed by atoms with Crippen LogP contribution in [0, 0.1) is 19.8 Å². The third kappa shape index (κ3) is 25.9. The van der Waals surface area contributed by atoms with E-state index >= 15 is 0 Å². The van der Waals surface area contributed by atoms with Crippen LogP contribution in [0.3, 0.4) is 0 Å². The largest absolute Gasteiger partial charge is 0.476 e. The molecule has 0 saturated heterocycles. The maximum absolute atomic E-state index is 12.0. The average Bonchev–Trinajstić information content (AvgIpc) is 1.73. The van der Waals surface area contributed by atoms with Gasteiger partial charge in [0, 0.05) is 26.2 Å². The molecule has 22 aromatic rings. The number of H-pyrrole nitrogens is 8. The number of benzene rings is 6. The van der Waals surface area contributed by atoms with Crippen LogP contribution in [0.2, 0.25) is 0 Å². The number of aromatic amines is 8. The summed E-state index contributed by atoms with van der Waals surface area (Å²) in [6.45, 7) is 14.0. The molecule has 0 aliphatic carbocycles. The molecule has 1 unspecified atom stereocenters. The van der Waals surface area contributed by atoms with Crippen molar-refractivity contribution in [1.82, 2.24) is 159 Å². The lowest BCUT2D eigenvalue weighted by atomic mass is 10.0. The van der Waals surface area contributed by atoms with Gasteiger partial charge in [-0.1, -0.05) is 197 Å². The highest BCUT2D eigenvalue weighted by molar-refractivity contribution is 6.06. The minimum Gasteiger partial charge on any atom is -0.476 e. The summed E-state index contributed by atoms with van der Waals surface area (Å²) < 4.78 is 28.6. The lowest BCUT2D eigenvalue weighted by Crippen LogP contribution is -2.13. The molecule has 0 radical (unpaired) electrons. The molecule has 41 nitrogen and oxygen atoms in total. The number of nitrogens with zero attached hydrogens (tertiary/aromatic N) is 25. The van der Waals surface area contributed by atoms with Gasteiger partial charge in [0.05, 0.1) is 57.2 Å². The third-order valence-corrected chi connectivity index (χ3v) is 20.7. The number of unbranched alkanes of at least 4 members (excludes halogenated alkanes) is 1. The number of anilines is 3. The first-order chi connectivity index (χ1) is 67.4. The van der Waals surface area contributed by atoms with Gasteiger partial charge in [0.15, 0.2) is 62.6 Å². The van der Waals surface area contributed by atoms with E-state index in [0.717, 1.165) is 91.9 Å². The van der Waals surface area contributed by atoms with Crippen molar-refractivity contribution in [2.45, 2.75) is 99.7 Å². The Balaban J connectivity index is 0.000000119. The molecule has 0 spiro atoms. The Morgan fingerprint density at radius 1 is 0.343 bits per heavy atom. The fourth-order valence-corrected chi connectivity index (χ4v) is 13.4. The van der Waals surface area contributed by atoms with Gasteiger partial charge in [0.25, 0.3) is 5.91 Å². The number of imidazole rings is 8. The number of rotatable bonds is 26. The molecule has 0 saturated carbocycles. The summed E-state index contributed by atoms with van der Waals surface area (Å²) in [5, 5.41) is 5.99. The summed E-state index contributed by atoms with van der Waals surface area (Å²) in [6.07, 6.45) is 30.3. The molecular formula is C96H97N35O6. The molecule has 16 aromatic heterocycles. The molecule has 1 amide bonds. The number of hydrogen-bond donors (Lipinski definition) is 10. The molecule has 0 aliphatic rings. The van der Waals surface area contributed by atoms with Gasteiger partial charge in [0.2, 0.25) is 29.4 Å². The Kier molecular flexibility index (Phi) is 32.8. The zero-order valence-electron chi connectivity index (χ0n) is 75.8. The van der Waals surface area contributed by atoms with E-state index in [0.29, 0.717) is 130 Å². The van der Waals surface area contributed by atoms with Crippen LogP contribution in [0.5, 0.6) is 29.4 Å². The number of hydrogen-bond acceptors (Lipinski definition) is 32. The van der Waals surface area contributed by atoms with Crippen LogP contribution < -0.4 is 39.2 Å². The number of nitrogens with one attached hydrogen (secondary N) is 10. The predicted octanol–water partition coefficient (Wildman–Crippen LogP) is 15.8. The molecule has 0 aliphatic heterocycles. The lowest BCUT2D eigenvalue weighted by molar-refractivity contribution is 0.102. The van der Waals surface area contributed by atoms with Gasteiger partial charge in [-0.15, -0.1) is 0 Å². The van der Waals surface area contributed by atoms with Gasteiger partial charge >= 0.3 is 0 Å². The molecule has 22 rings (SSSR count). The minimum atomic E-state index is -0.217. The van der Waals surface area contributed by atoms with Crippen molar-refractivity contribution in [3.05, 3.63) is 315 Å². The van der Waals surface area contributed by atoms with Crippen molar-refractivity contribution in [3.8, 4) is 29.4 Å². The quantitative estimate of drug-likeness (QED) is 0.0241. The van der Waals surface area contributed by atoms with Crippen molar-refractivity contribution >= 4 is 113 Å². The molecule has 1 atom stereocenters. The summed E-state index contributed by atoms with van der Waals surface area (Å²) in [7, 11) is 3.87. The minimum absolute atomic E-state index is 0.217. The highest BCUT2D eigenvalue weighted by atomic mass is 16.5. The Hall–Kier alpha value is -18.2. The Morgan fingerprint density at radius 3 is 1.16 bits per heavy atom. The topological polar surface area (TPSA) is 526 Å². The second-order valence-electron chi connectivity index (χ2n) is 30.4. The van der Waals surface area contributed by atoms with E-state index in [1.54, 1.807) is 68.6 Å². The maximum atomic E-state index is 12.0. The van der Waals surface area contributed by atoms with E-state index in [1.165, 1.54) is 98.5 Å². The first-order valence-electron chi connectivity index (χ1n) is 43.7. The van der Waals surface area contributed by atoms with Crippen LogP contribution in [-0.4, -0.2) is 186 Å². The van der Waals surface area contributed by atoms with E-state index in [-0.39, 0.29) is 5.91 Å². The highest BCUT2D eigenvalue weighted by Crippen LogP contribution is 2.27. The molecule has 16 heterocycles. The van der Waals surface area contributed by atoms with E-state index in [4.69, 9.17) is 23.7 Å². The molecule has 41 heteroatoms. The number of fused-ring (bicyclic) bond motifs is 8. The number of carbonyl (C=O) groups is 1. The van der Waals surface area contributed by atoms with Crippen LogP contribution in [-0.2, 0) is 39.4 Å². The van der Waals surface area contributed by atoms with Crippen LogP contribution in [0.25, 0.3) is 89.3 Å². The van der Waals surface area contributed by atoms with Crippen LogP contribution >= 0.6 is 0 Å². The summed E-state index contributed by atoms with van der Waals surface area (Å²) >= 11 is 0. The molecule has 0 fully saturated rings. The van der Waals surface area contributed by atoms with Gasteiger partial charge in [-0.2, -0.15) is 24.9 Å². The molecule has 692 valence electrons. The Morgan fingerprint density at radius 2 is 0.708 bits per heavy atom. The second kappa shape index (κ2) is 48.1. The highest BCUT2D eigenvalue weighted by Gasteiger charge is 2.17. The van der Waals surface area contributed by atoms with Crippen molar-refractivity contribution in [2.75, 3.05) is 36.2 Å². The van der Waals surface area contributed by atoms with Crippen LogP contribution in [0.4, 0.5) is 17.5 Å². The summed E-state index contributed by atoms with van der Waals surface area (Å²) in [6, 6.07) is 53.7. The number of ether oxygens (including phenoxy) is 5. The van der Waals surface area contributed by atoms with Crippen molar-refractivity contribution in [3.63, 3.8) is 0 Å². The predicted molar refractivity (Wildman–Crippen MR) is 517 cm³/mol. The van der Waals surface area contributed by atoms with E-state index < -0.39 is 0 Å². The fourth-order valence-electron chi connectivity index (χ4n) is 13.4. The molecule has 6 aromatic carbocycles. The summed E-state index contributed by atoms with van der Waals surface area (Å²) in [4.78, 5) is 135.